The van der Waals surface area contributed by atoms with E-state index in [-0.39, 0.29) is 37.2 Å². The zero-order valence-corrected chi connectivity index (χ0v) is 12.9. The summed E-state index contributed by atoms with van der Waals surface area (Å²) in [6.07, 6.45) is -0.723. The first kappa shape index (κ1) is 17.0. The molecule has 0 spiro atoms. The lowest BCUT2D eigenvalue weighted by Gasteiger charge is -2.31. The van der Waals surface area contributed by atoms with Crippen LogP contribution in [0.1, 0.15) is 23.2 Å². The van der Waals surface area contributed by atoms with Gasteiger partial charge in [0.25, 0.3) is 5.92 Å². The zero-order valence-electron chi connectivity index (χ0n) is 12.9. The van der Waals surface area contributed by atoms with Crippen LogP contribution in [-0.4, -0.2) is 50.1 Å². The lowest BCUT2D eigenvalue weighted by Crippen LogP contribution is -2.44. The molecule has 1 aromatic carbocycles. The van der Waals surface area contributed by atoms with Crippen molar-refractivity contribution in [2.75, 3.05) is 32.6 Å². The van der Waals surface area contributed by atoms with Crippen LogP contribution in [0, 0.1) is 0 Å². The minimum Gasteiger partial charge on any atom is -0.495 e. The highest BCUT2D eigenvalue weighted by molar-refractivity contribution is 5.95. The predicted molar refractivity (Wildman–Crippen MR) is 79.1 cm³/mol. The highest BCUT2D eigenvalue weighted by Crippen LogP contribution is 2.29. The van der Waals surface area contributed by atoms with E-state index in [9.17, 15) is 18.4 Å². The van der Waals surface area contributed by atoms with Gasteiger partial charge in [-0.1, -0.05) is 0 Å². The SMILES string of the molecule is COC(=O)c1ccc(OC)c(NC(=O)N2CCC(F)(F)CC2)c1. The maximum atomic E-state index is 13.1. The average Bonchev–Trinajstić information content (AvgIpc) is 2.53. The number of anilines is 1. The summed E-state index contributed by atoms with van der Waals surface area (Å²) in [5.41, 5.74) is 0.520. The molecule has 1 heterocycles. The molecule has 1 aliphatic heterocycles. The number of methoxy groups -OCH3 is 2. The van der Waals surface area contributed by atoms with Gasteiger partial charge in [-0.25, -0.2) is 18.4 Å². The number of rotatable bonds is 3. The van der Waals surface area contributed by atoms with E-state index in [2.05, 4.69) is 10.1 Å². The number of carbonyl (C=O) groups excluding carboxylic acids is 2. The fraction of sp³-hybridized carbons (Fsp3) is 0.467. The van der Waals surface area contributed by atoms with Crippen LogP contribution >= 0.6 is 0 Å². The minimum atomic E-state index is -2.72. The van der Waals surface area contributed by atoms with Crippen LogP contribution in [0.2, 0.25) is 0 Å². The van der Waals surface area contributed by atoms with Crippen molar-refractivity contribution in [1.29, 1.82) is 0 Å². The Kier molecular flexibility index (Phi) is 5.02. The fourth-order valence-electron chi connectivity index (χ4n) is 2.28. The number of likely N-dealkylation sites (tertiary alicyclic amines) is 1. The first-order valence-corrected chi connectivity index (χ1v) is 7.06. The summed E-state index contributed by atoms with van der Waals surface area (Å²) in [5, 5.41) is 2.59. The molecule has 0 unspecified atom stereocenters. The number of piperidine rings is 1. The molecule has 2 amide bonds. The lowest BCUT2D eigenvalue weighted by molar-refractivity contribution is -0.0461. The van der Waals surface area contributed by atoms with Gasteiger partial charge < -0.3 is 19.7 Å². The molecule has 8 heteroatoms. The standard InChI is InChI=1S/C15H18F2N2O4/c1-22-12-4-3-10(13(20)23-2)9-11(12)18-14(21)19-7-5-15(16,17)6-8-19/h3-4,9H,5-8H2,1-2H3,(H,18,21). The van der Waals surface area contributed by atoms with Gasteiger partial charge in [0, 0.05) is 25.9 Å². The van der Waals surface area contributed by atoms with Gasteiger partial charge >= 0.3 is 12.0 Å². The second kappa shape index (κ2) is 6.80. The van der Waals surface area contributed by atoms with Crippen molar-refractivity contribution in [3.8, 4) is 5.75 Å². The van der Waals surface area contributed by atoms with Crippen molar-refractivity contribution >= 4 is 17.7 Å². The van der Waals surface area contributed by atoms with Crippen LogP contribution in [0.5, 0.6) is 5.75 Å². The Morgan fingerprint density at radius 3 is 2.43 bits per heavy atom. The van der Waals surface area contributed by atoms with E-state index in [4.69, 9.17) is 4.74 Å². The van der Waals surface area contributed by atoms with Crippen LogP contribution in [0.25, 0.3) is 0 Å². The number of benzene rings is 1. The summed E-state index contributed by atoms with van der Waals surface area (Å²) in [6, 6.07) is 3.93. The van der Waals surface area contributed by atoms with Crippen LogP contribution < -0.4 is 10.1 Å². The summed E-state index contributed by atoms with van der Waals surface area (Å²) in [6.45, 7) is -0.0598. The molecular formula is C15H18F2N2O4. The number of urea groups is 1. The Morgan fingerprint density at radius 1 is 1.22 bits per heavy atom. The smallest absolute Gasteiger partial charge is 0.337 e. The fourth-order valence-corrected chi connectivity index (χ4v) is 2.28. The van der Waals surface area contributed by atoms with Crippen molar-refractivity contribution in [2.24, 2.45) is 0 Å². The second-order valence-electron chi connectivity index (χ2n) is 5.18. The summed E-state index contributed by atoms with van der Waals surface area (Å²) in [7, 11) is 2.67. The van der Waals surface area contributed by atoms with E-state index < -0.39 is 17.9 Å². The molecule has 0 saturated carbocycles. The summed E-state index contributed by atoms with van der Waals surface area (Å²) in [4.78, 5) is 25.1. The normalized spacial score (nSPS) is 16.6. The largest absolute Gasteiger partial charge is 0.495 e. The van der Waals surface area contributed by atoms with Crippen LogP contribution in [0.4, 0.5) is 19.3 Å². The third-order valence-corrected chi connectivity index (χ3v) is 3.64. The Labute approximate surface area is 132 Å². The number of alkyl halides is 2. The molecule has 0 radical (unpaired) electrons. The van der Waals surface area contributed by atoms with E-state index in [0.717, 1.165) is 0 Å². The number of ether oxygens (including phenoxy) is 2. The predicted octanol–water partition coefficient (Wildman–Crippen LogP) is 2.74. The van der Waals surface area contributed by atoms with Crippen molar-refractivity contribution in [1.82, 2.24) is 4.90 Å². The number of halogens is 2. The molecule has 1 N–H and O–H groups in total. The molecule has 0 bridgehead atoms. The first-order chi connectivity index (χ1) is 10.9. The van der Waals surface area contributed by atoms with Gasteiger partial charge in [0.2, 0.25) is 0 Å². The van der Waals surface area contributed by atoms with E-state index >= 15 is 0 Å². The van der Waals surface area contributed by atoms with Crippen LogP contribution in [0.3, 0.4) is 0 Å². The average molecular weight is 328 g/mol. The number of nitrogens with zero attached hydrogens (tertiary/aromatic N) is 1. The summed E-state index contributed by atoms with van der Waals surface area (Å²) in [5.74, 6) is -2.92. The Hall–Kier alpha value is -2.38. The molecule has 1 aromatic rings. The van der Waals surface area contributed by atoms with Crippen molar-refractivity contribution in [3.63, 3.8) is 0 Å². The number of esters is 1. The Balaban J connectivity index is 2.12. The van der Waals surface area contributed by atoms with Gasteiger partial charge in [0.1, 0.15) is 5.75 Å². The van der Waals surface area contributed by atoms with E-state index in [1.807, 2.05) is 0 Å². The van der Waals surface area contributed by atoms with E-state index in [1.54, 1.807) is 0 Å². The molecule has 1 aliphatic rings. The molecule has 0 atom stereocenters. The molecule has 0 aliphatic carbocycles. The molecule has 1 saturated heterocycles. The molecule has 1 fully saturated rings. The third kappa shape index (κ3) is 4.08. The number of amides is 2. The highest BCUT2D eigenvalue weighted by atomic mass is 19.3. The minimum absolute atomic E-state index is 0.0299. The Morgan fingerprint density at radius 2 is 1.87 bits per heavy atom. The molecule has 23 heavy (non-hydrogen) atoms. The van der Waals surface area contributed by atoms with Crippen LogP contribution in [-0.2, 0) is 4.74 Å². The van der Waals surface area contributed by atoms with Crippen molar-refractivity contribution < 1.29 is 27.8 Å². The van der Waals surface area contributed by atoms with Gasteiger partial charge in [0.05, 0.1) is 25.5 Å². The molecular weight excluding hydrogens is 310 g/mol. The van der Waals surface area contributed by atoms with Crippen LogP contribution in [0.15, 0.2) is 18.2 Å². The maximum absolute atomic E-state index is 13.1. The molecule has 126 valence electrons. The van der Waals surface area contributed by atoms with E-state index in [1.165, 1.54) is 37.3 Å². The molecule has 2 rings (SSSR count). The monoisotopic (exact) mass is 328 g/mol. The number of carbonyl (C=O) groups is 2. The molecule has 6 nitrogen and oxygen atoms in total. The third-order valence-electron chi connectivity index (χ3n) is 3.64. The molecule has 0 aromatic heterocycles. The van der Waals surface area contributed by atoms with Gasteiger partial charge in [0.15, 0.2) is 0 Å². The number of hydrogen-bond donors (Lipinski definition) is 1. The van der Waals surface area contributed by atoms with E-state index in [0.29, 0.717) is 5.75 Å². The van der Waals surface area contributed by atoms with Gasteiger partial charge in [-0.3, -0.25) is 0 Å². The Bertz CT molecular complexity index is 597. The zero-order chi connectivity index (χ0) is 17.0. The van der Waals surface area contributed by atoms with Crippen molar-refractivity contribution in [2.45, 2.75) is 18.8 Å². The highest BCUT2D eigenvalue weighted by Gasteiger charge is 2.35. The lowest BCUT2D eigenvalue weighted by atomic mass is 10.1. The van der Waals surface area contributed by atoms with Gasteiger partial charge in [-0.15, -0.1) is 0 Å². The first-order valence-electron chi connectivity index (χ1n) is 7.06. The second-order valence-corrected chi connectivity index (χ2v) is 5.18. The number of hydrogen-bond acceptors (Lipinski definition) is 4. The summed E-state index contributed by atoms with van der Waals surface area (Å²) < 4.78 is 36.0. The van der Waals surface area contributed by atoms with Gasteiger partial charge in [-0.2, -0.15) is 0 Å². The maximum Gasteiger partial charge on any atom is 0.337 e. The number of nitrogens with one attached hydrogen (secondary N) is 1. The quantitative estimate of drug-likeness (QED) is 0.866. The van der Waals surface area contributed by atoms with Gasteiger partial charge in [-0.05, 0) is 18.2 Å². The summed E-state index contributed by atoms with van der Waals surface area (Å²) >= 11 is 0. The topological polar surface area (TPSA) is 67.9 Å². The van der Waals surface area contributed by atoms with Crippen molar-refractivity contribution in [3.05, 3.63) is 23.8 Å².